The van der Waals surface area contributed by atoms with E-state index in [4.69, 9.17) is 16.7 Å². The molecular weight excluding hydrogens is 399 g/mol. The van der Waals surface area contributed by atoms with Crippen molar-refractivity contribution in [1.82, 2.24) is 19.7 Å². The van der Waals surface area contributed by atoms with Crippen LogP contribution < -0.4 is 10.5 Å². The van der Waals surface area contributed by atoms with E-state index in [1.165, 1.54) is 16.9 Å². The monoisotopic (exact) mass is 413 g/mol. The van der Waals surface area contributed by atoms with Crippen molar-refractivity contribution < 1.29 is 18.3 Å². The summed E-state index contributed by atoms with van der Waals surface area (Å²) in [5.74, 6) is 0.713. The molecule has 1 aliphatic heterocycles. The van der Waals surface area contributed by atoms with E-state index in [2.05, 4.69) is 15.1 Å². The molecule has 3 aromatic rings. The average molecular weight is 414 g/mol. The van der Waals surface area contributed by atoms with Crippen molar-refractivity contribution in [2.24, 2.45) is 5.92 Å². The lowest BCUT2D eigenvalue weighted by molar-refractivity contribution is -0.137. The lowest BCUT2D eigenvalue weighted by Crippen LogP contribution is -2.48. The van der Waals surface area contributed by atoms with Crippen molar-refractivity contribution in [2.45, 2.75) is 12.6 Å². The number of aliphatic hydroxyl groups excluding tert-OH is 1. The highest BCUT2D eigenvalue weighted by Crippen LogP contribution is 2.33. The molecule has 0 spiro atoms. The van der Waals surface area contributed by atoms with Gasteiger partial charge in [0.2, 0.25) is 5.95 Å². The van der Waals surface area contributed by atoms with E-state index in [1.807, 2.05) is 4.90 Å². The number of aromatic nitrogens is 4. The SMILES string of the molecule is O=c1[nH]c(N2CC(CCO)C2)nc2nn(-c3ccc(C(F)(F)F)cc3Cl)cc12. The quantitative estimate of drug-likeness (QED) is 0.686. The maximum Gasteiger partial charge on any atom is 0.416 e. The van der Waals surface area contributed by atoms with Crippen LogP contribution in [0, 0.1) is 5.92 Å². The molecule has 0 bridgehead atoms. The first kappa shape index (κ1) is 18.8. The van der Waals surface area contributed by atoms with Gasteiger partial charge in [-0.05, 0) is 30.5 Å². The minimum atomic E-state index is -4.50. The number of halogens is 4. The molecule has 3 heterocycles. The summed E-state index contributed by atoms with van der Waals surface area (Å²) in [5, 5.41) is 13.2. The Labute approximate surface area is 161 Å². The summed E-state index contributed by atoms with van der Waals surface area (Å²) in [7, 11) is 0. The Hall–Kier alpha value is -2.59. The minimum Gasteiger partial charge on any atom is -0.396 e. The number of hydrogen-bond acceptors (Lipinski definition) is 5. The Bertz CT molecular complexity index is 1090. The standard InChI is InChI=1S/C17H15ClF3N5O2/c18-12-5-10(17(19,20)21)1-2-13(12)26-8-11-14(24-26)22-16(23-15(11)28)25-6-9(7-25)3-4-27/h1-2,5,8-9,27H,3-4,6-7H2,(H,22,23,24,28). The molecular formula is C17H15ClF3N5O2. The molecule has 11 heteroatoms. The molecule has 1 aromatic carbocycles. The van der Waals surface area contributed by atoms with Gasteiger partial charge in [0, 0.05) is 25.9 Å². The van der Waals surface area contributed by atoms with Crippen LogP contribution in [0.25, 0.3) is 16.7 Å². The summed E-state index contributed by atoms with van der Waals surface area (Å²) in [5.41, 5.74) is -0.896. The molecule has 2 aromatic heterocycles. The highest BCUT2D eigenvalue weighted by atomic mass is 35.5. The molecule has 7 nitrogen and oxygen atoms in total. The fourth-order valence-corrected chi connectivity index (χ4v) is 3.42. The molecule has 4 rings (SSSR count). The second-order valence-electron chi connectivity index (χ2n) is 6.65. The molecule has 1 saturated heterocycles. The molecule has 1 aliphatic rings. The topological polar surface area (TPSA) is 87.0 Å². The number of aromatic amines is 1. The Morgan fingerprint density at radius 3 is 2.71 bits per heavy atom. The number of fused-ring (bicyclic) bond motifs is 1. The van der Waals surface area contributed by atoms with Crippen LogP contribution in [0.1, 0.15) is 12.0 Å². The third-order valence-electron chi connectivity index (χ3n) is 4.69. The molecule has 1 fully saturated rings. The maximum absolute atomic E-state index is 12.8. The zero-order valence-electron chi connectivity index (χ0n) is 14.4. The summed E-state index contributed by atoms with van der Waals surface area (Å²) < 4.78 is 39.6. The van der Waals surface area contributed by atoms with Gasteiger partial charge in [0.25, 0.3) is 5.56 Å². The third-order valence-corrected chi connectivity index (χ3v) is 5.00. The molecule has 0 atom stereocenters. The molecule has 0 unspecified atom stereocenters. The molecule has 28 heavy (non-hydrogen) atoms. The smallest absolute Gasteiger partial charge is 0.396 e. The van der Waals surface area contributed by atoms with Crippen LogP contribution >= 0.6 is 11.6 Å². The zero-order chi connectivity index (χ0) is 20.1. The van der Waals surface area contributed by atoms with Crippen molar-refractivity contribution in [3.05, 3.63) is 45.3 Å². The normalized spacial score (nSPS) is 15.2. The highest BCUT2D eigenvalue weighted by molar-refractivity contribution is 6.32. The fourth-order valence-electron chi connectivity index (χ4n) is 3.15. The number of benzene rings is 1. The fraction of sp³-hybridized carbons (Fsp3) is 0.353. The predicted octanol–water partition coefficient (Wildman–Crippen LogP) is 2.60. The average Bonchev–Trinajstić information content (AvgIpc) is 3.01. The first-order valence-electron chi connectivity index (χ1n) is 8.49. The van der Waals surface area contributed by atoms with Gasteiger partial charge in [-0.15, -0.1) is 5.10 Å². The summed E-state index contributed by atoms with van der Waals surface area (Å²) in [6.07, 6.45) is -2.44. The number of alkyl halides is 3. The molecule has 0 saturated carbocycles. The summed E-state index contributed by atoms with van der Waals surface area (Å²) >= 11 is 6.00. The third kappa shape index (κ3) is 3.33. The van der Waals surface area contributed by atoms with E-state index in [9.17, 15) is 18.0 Å². The van der Waals surface area contributed by atoms with Gasteiger partial charge in [-0.2, -0.15) is 18.2 Å². The van der Waals surface area contributed by atoms with Crippen LogP contribution in [0.2, 0.25) is 5.02 Å². The van der Waals surface area contributed by atoms with E-state index < -0.39 is 17.3 Å². The van der Waals surface area contributed by atoms with Gasteiger partial charge >= 0.3 is 6.18 Å². The van der Waals surface area contributed by atoms with Crippen molar-refractivity contribution in [2.75, 3.05) is 24.6 Å². The molecule has 148 valence electrons. The molecule has 2 N–H and O–H groups in total. The van der Waals surface area contributed by atoms with Crippen LogP contribution in [0.5, 0.6) is 0 Å². The van der Waals surface area contributed by atoms with Gasteiger partial charge in [-0.25, -0.2) is 4.68 Å². The first-order valence-corrected chi connectivity index (χ1v) is 8.86. The second kappa shape index (κ2) is 6.78. The van der Waals surface area contributed by atoms with Crippen molar-refractivity contribution in [1.29, 1.82) is 0 Å². The van der Waals surface area contributed by atoms with Gasteiger partial charge < -0.3 is 10.0 Å². The van der Waals surface area contributed by atoms with Gasteiger partial charge in [0.1, 0.15) is 5.39 Å². The maximum atomic E-state index is 12.8. The lowest BCUT2D eigenvalue weighted by Gasteiger charge is -2.39. The number of nitrogens with zero attached hydrogens (tertiary/aromatic N) is 4. The van der Waals surface area contributed by atoms with Gasteiger partial charge in [-0.1, -0.05) is 11.6 Å². The van der Waals surface area contributed by atoms with E-state index in [0.29, 0.717) is 31.4 Å². The number of anilines is 1. The Morgan fingerprint density at radius 2 is 2.07 bits per heavy atom. The Morgan fingerprint density at radius 1 is 1.32 bits per heavy atom. The summed E-state index contributed by atoms with van der Waals surface area (Å²) in [4.78, 5) is 21.3. The van der Waals surface area contributed by atoms with Crippen molar-refractivity contribution in [3.63, 3.8) is 0 Å². The molecule has 0 radical (unpaired) electrons. The zero-order valence-corrected chi connectivity index (χ0v) is 15.1. The van der Waals surface area contributed by atoms with Gasteiger partial charge in [0.05, 0.1) is 16.3 Å². The van der Waals surface area contributed by atoms with Crippen LogP contribution in [-0.4, -0.2) is 44.6 Å². The largest absolute Gasteiger partial charge is 0.416 e. The second-order valence-corrected chi connectivity index (χ2v) is 7.05. The number of H-pyrrole nitrogens is 1. The van der Waals surface area contributed by atoms with E-state index in [1.54, 1.807) is 0 Å². The lowest BCUT2D eigenvalue weighted by atomic mass is 9.97. The van der Waals surface area contributed by atoms with E-state index in [0.717, 1.165) is 12.1 Å². The van der Waals surface area contributed by atoms with Crippen molar-refractivity contribution >= 4 is 28.6 Å². The molecule has 0 amide bonds. The van der Waals surface area contributed by atoms with Gasteiger partial charge in [0.15, 0.2) is 5.65 Å². The van der Waals surface area contributed by atoms with E-state index in [-0.39, 0.29) is 28.4 Å². The van der Waals surface area contributed by atoms with Crippen LogP contribution in [-0.2, 0) is 6.18 Å². The molecule has 0 aliphatic carbocycles. The number of hydrogen-bond donors (Lipinski definition) is 2. The minimum absolute atomic E-state index is 0.111. The highest BCUT2D eigenvalue weighted by Gasteiger charge is 2.31. The van der Waals surface area contributed by atoms with Crippen molar-refractivity contribution in [3.8, 4) is 5.69 Å². The summed E-state index contributed by atoms with van der Waals surface area (Å²) in [6, 6.07) is 2.91. The Balaban J connectivity index is 1.67. The number of aliphatic hydroxyl groups is 1. The number of nitrogens with one attached hydrogen (secondary N) is 1. The summed E-state index contributed by atoms with van der Waals surface area (Å²) in [6.45, 7) is 1.45. The Kier molecular flexibility index (Phi) is 4.54. The van der Waals surface area contributed by atoms with Crippen LogP contribution in [0.3, 0.4) is 0 Å². The van der Waals surface area contributed by atoms with Crippen LogP contribution in [0.4, 0.5) is 19.1 Å². The van der Waals surface area contributed by atoms with E-state index >= 15 is 0 Å². The van der Waals surface area contributed by atoms with Gasteiger partial charge in [-0.3, -0.25) is 9.78 Å². The number of rotatable bonds is 4. The predicted molar refractivity (Wildman–Crippen MR) is 96.9 cm³/mol. The first-order chi connectivity index (χ1) is 13.3. The van der Waals surface area contributed by atoms with Crippen LogP contribution in [0.15, 0.2) is 29.2 Å².